The Balaban J connectivity index is 1.69. The molecule has 0 spiro atoms. The molecule has 0 bridgehead atoms. The minimum atomic E-state index is 0.691. The van der Waals surface area contributed by atoms with Crippen LogP contribution in [0.5, 0.6) is 0 Å². The fourth-order valence-electron chi connectivity index (χ4n) is 2.76. The average Bonchev–Trinajstić information content (AvgIpc) is 2.17. The van der Waals surface area contributed by atoms with Gasteiger partial charge in [-0.15, -0.1) is 0 Å². The second-order valence-corrected chi connectivity index (χ2v) is 5.18. The standard InChI is InChI=1S/C12H23NO/c1-9-7-12(8-9)13-10(2)11-3-5-14-6-4-11/h9-13H,3-8H2,1-2H3. The minimum Gasteiger partial charge on any atom is -0.381 e. The van der Waals surface area contributed by atoms with Crippen molar-refractivity contribution in [2.45, 2.75) is 51.6 Å². The van der Waals surface area contributed by atoms with Gasteiger partial charge in [0.05, 0.1) is 0 Å². The molecule has 0 aromatic rings. The van der Waals surface area contributed by atoms with Gasteiger partial charge in [0.25, 0.3) is 0 Å². The third kappa shape index (κ3) is 2.48. The summed E-state index contributed by atoms with van der Waals surface area (Å²) in [6.07, 6.45) is 5.26. The SMILES string of the molecule is CC1CC(NC(C)C2CCOCC2)C1. The molecule has 0 amide bonds. The van der Waals surface area contributed by atoms with Crippen LogP contribution in [-0.2, 0) is 4.74 Å². The molecular weight excluding hydrogens is 174 g/mol. The maximum atomic E-state index is 5.38. The highest BCUT2D eigenvalue weighted by Gasteiger charge is 2.29. The smallest absolute Gasteiger partial charge is 0.0469 e. The first-order valence-electron chi connectivity index (χ1n) is 6.09. The molecule has 0 radical (unpaired) electrons. The van der Waals surface area contributed by atoms with Crippen LogP contribution < -0.4 is 5.32 Å². The predicted molar refractivity (Wildman–Crippen MR) is 58.3 cm³/mol. The molecule has 1 aliphatic carbocycles. The zero-order valence-electron chi connectivity index (χ0n) is 9.46. The topological polar surface area (TPSA) is 21.3 Å². The Labute approximate surface area is 87.4 Å². The van der Waals surface area contributed by atoms with E-state index in [9.17, 15) is 0 Å². The highest BCUT2D eigenvalue weighted by Crippen LogP contribution is 2.28. The summed E-state index contributed by atoms with van der Waals surface area (Å²) >= 11 is 0. The van der Waals surface area contributed by atoms with Gasteiger partial charge in [0.1, 0.15) is 0 Å². The van der Waals surface area contributed by atoms with Crippen molar-refractivity contribution in [3.63, 3.8) is 0 Å². The quantitative estimate of drug-likeness (QED) is 0.749. The van der Waals surface area contributed by atoms with Crippen LogP contribution in [0.2, 0.25) is 0 Å². The van der Waals surface area contributed by atoms with Gasteiger partial charge >= 0.3 is 0 Å². The number of ether oxygens (including phenoxy) is 1. The van der Waals surface area contributed by atoms with Gasteiger partial charge in [0, 0.05) is 25.3 Å². The van der Waals surface area contributed by atoms with Crippen molar-refractivity contribution in [2.75, 3.05) is 13.2 Å². The molecule has 2 nitrogen and oxygen atoms in total. The Morgan fingerprint density at radius 1 is 1.21 bits per heavy atom. The van der Waals surface area contributed by atoms with Crippen LogP contribution in [-0.4, -0.2) is 25.3 Å². The van der Waals surface area contributed by atoms with E-state index in [1.807, 2.05) is 0 Å². The van der Waals surface area contributed by atoms with Gasteiger partial charge in [-0.05, 0) is 44.4 Å². The lowest BCUT2D eigenvalue weighted by atomic mass is 9.80. The van der Waals surface area contributed by atoms with Crippen LogP contribution in [0.3, 0.4) is 0 Å². The highest BCUT2D eigenvalue weighted by atomic mass is 16.5. The first-order chi connectivity index (χ1) is 6.75. The third-order valence-corrected chi connectivity index (χ3v) is 3.85. The molecule has 1 saturated carbocycles. The van der Waals surface area contributed by atoms with Gasteiger partial charge < -0.3 is 10.1 Å². The van der Waals surface area contributed by atoms with Crippen LogP contribution >= 0.6 is 0 Å². The maximum Gasteiger partial charge on any atom is 0.0469 e. The van der Waals surface area contributed by atoms with Crippen LogP contribution in [0, 0.1) is 11.8 Å². The number of rotatable bonds is 3. The van der Waals surface area contributed by atoms with Crippen molar-refractivity contribution < 1.29 is 4.74 Å². The van der Waals surface area contributed by atoms with Crippen molar-refractivity contribution in [1.82, 2.24) is 5.32 Å². The van der Waals surface area contributed by atoms with E-state index in [1.165, 1.54) is 25.7 Å². The summed E-state index contributed by atoms with van der Waals surface area (Å²) in [7, 11) is 0. The first-order valence-corrected chi connectivity index (χ1v) is 6.09. The van der Waals surface area contributed by atoms with Crippen LogP contribution in [0.1, 0.15) is 39.5 Å². The monoisotopic (exact) mass is 197 g/mol. The zero-order chi connectivity index (χ0) is 9.97. The Morgan fingerprint density at radius 2 is 1.86 bits per heavy atom. The molecule has 82 valence electrons. The molecule has 1 saturated heterocycles. The number of hydrogen-bond acceptors (Lipinski definition) is 2. The Morgan fingerprint density at radius 3 is 2.43 bits per heavy atom. The molecule has 1 aliphatic heterocycles. The molecule has 1 N–H and O–H groups in total. The van der Waals surface area contributed by atoms with E-state index >= 15 is 0 Å². The Kier molecular flexibility index (Phi) is 3.45. The summed E-state index contributed by atoms with van der Waals surface area (Å²) in [5, 5.41) is 3.76. The molecule has 2 heteroatoms. The fraction of sp³-hybridized carbons (Fsp3) is 1.00. The molecule has 1 atom stereocenters. The van der Waals surface area contributed by atoms with Crippen LogP contribution in [0.4, 0.5) is 0 Å². The average molecular weight is 197 g/mol. The van der Waals surface area contributed by atoms with E-state index in [-0.39, 0.29) is 0 Å². The highest BCUT2D eigenvalue weighted by molar-refractivity contribution is 4.86. The van der Waals surface area contributed by atoms with E-state index in [0.717, 1.165) is 31.1 Å². The molecular formula is C12H23NO. The van der Waals surface area contributed by atoms with E-state index in [2.05, 4.69) is 19.2 Å². The second-order valence-electron chi connectivity index (χ2n) is 5.18. The minimum absolute atomic E-state index is 0.691. The van der Waals surface area contributed by atoms with Crippen molar-refractivity contribution in [1.29, 1.82) is 0 Å². The molecule has 1 heterocycles. The van der Waals surface area contributed by atoms with Gasteiger partial charge in [0.15, 0.2) is 0 Å². The van der Waals surface area contributed by atoms with Gasteiger partial charge in [-0.3, -0.25) is 0 Å². The van der Waals surface area contributed by atoms with Gasteiger partial charge in [-0.2, -0.15) is 0 Å². The predicted octanol–water partition coefficient (Wildman–Crippen LogP) is 2.19. The van der Waals surface area contributed by atoms with Gasteiger partial charge in [-0.1, -0.05) is 6.92 Å². The summed E-state index contributed by atoms with van der Waals surface area (Å²) in [4.78, 5) is 0. The maximum absolute atomic E-state index is 5.38. The second kappa shape index (κ2) is 4.63. The molecule has 0 aromatic heterocycles. The van der Waals surface area contributed by atoms with Crippen molar-refractivity contribution >= 4 is 0 Å². The summed E-state index contributed by atoms with van der Waals surface area (Å²) in [6.45, 7) is 6.63. The molecule has 2 fully saturated rings. The summed E-state index contributed by atoms with van der Waals surface area (Å²) in [5.41, 5.74) is 0. The number of nitrogens with one attached hydrogen (secondary N) is 1. The van der Waals surface area contributed by atoms with Gasteiger partial charge in [-0.25, -0.2) is 0 Å². The van der Waals surface area contributed by atoms with E-state index in [4.69, 9.17) is 4.74 Å². The Hall–Kier alpha value is -0.0800. The zero-order valence-corrected chi connectivity index (χ0v) is 9.46. The van der Waals surface area contributed by atoms with Crippen LogP contribution in [0.15, 0.2) is 0 Å². The van der Waals surface area contributed by atoms with E-state index < -0.39 is 0 Å². The molecule has 1 unspecified atom stereocenters. The summed E-state index contributed by atoms with van der Waals surface area (Å²) < 4.78 is 5.38. The van der Waals surface area contributed by atoms with Crippen molar-refractivity contribution in [2.24, 2.45) is 11.8 Å². The van der Waals surface area contributed by atoms with E-state index in [1.54, 1.807) is 0 Å². The third-order valence-electron chi connectivity index (χ3n) is 3.85. The normalized spacial score (nSPS) is 36.4. The molecule has 14 heavy (non-hydrogen) atoms. The van der Waals surface area contributed by atoms with Crippen molar-refractivity contribution in [3.05, 3.63) is 0 Å². The lowest BCUT2D eigenvalue weighted by Gasteiger charge is -2.38. The first kappa shape index (κ1) is 10.4. The lowest BCUT2D eigenvalue weighted by molar-refractivity contribution is 0.0509. The lowest BCUT2D eigenvalue weighted by Crippen LogP contribution is -2.48. The fourth-order valence-corrected chi connectivity index (χ4v) is 2.76. The number of hydrogen-bond donors (Lipinski definition) is 1. The largest absolute Gasteiger partial charge is 0.381 e. The summed E-state index contributed by atoms with van der Waals surface area (Å²) in [5.74, 6) is 1.80. The van der Waals surface area contributed by atoms with E-state index in [0.29, 0.717) is 6.04 Å². The van der Waals surface area contributed by atoms with Crippen LogP contribution in [0.25, 0.3) is 0 Å². The van der Waals surface area contributed by atoms with Crippen molar-refractivity contribution in [3.8, 4) is 0 Å². The molecule has 2 aliphatic rings. The molecule has 0 aromatic carbocycles. The van der Waals surface area contributed by atoms with Gasteiger partial charge in [0.2, 0.25) is 0 Å². The summed E-state index contributed by atoms with van der Waals surface area (Å²) in [6, 6.07) is 1.50. The molecule has 2 rings (SSSR count). The Bertz CT molecular complexity index is 171.